The third-order valence-corrected chi connectivity index (χ3v) is 9.08. The number of anilines is 1. The maximum absolute atomic E-state index is 13.1. The molecule has 0 radical (unpaired) electrons. The van der Waals surface area contributed by atoms with E-state index in [2.05, 4.69) is 20.2 Å². The second kappa shape index (κ2) is 11.5. The Hall–Kier alpha value is -3.19. The van der Waals surface area contributed by atoms with Crippen molar-refractivity contribution in [3.8, 4) is 5.75 Å². The molecule has 1 fully saturated rings. The molecular weight excluding hydrogens is 553 g/mol. The average molecular weight is 583 g/mol. The highest BCUT2D eigenvalue weighted by atomic mass is 32.2. The normalized spacial score (nSPS) is 17.8. The molecule has 1 aliphatic rings. The van der Waals surface area contributed by atoms with Gasteiger partial charge >= 0.3 is 6.18 Å². The van der Waals surface area contributed by atoms with Crippen LogP contribution in [0.15, 0.2) is 47.4 Å². The van der Waals surface area contributed by atoms with Gasteiger partial charge in [0.25, 0.3) is 15.9 Å². The zero-order valence-corrected chi connectivity index (χ0v) is 23.2. The molecule has 13 heteroatoms. The van der Waals surface area contributed by atoms with Crippen LogP contribution in [0.2, 0.25) is 0 Å². The zero-order chi connectivity index (χ0) is 28.4. The van der Waals surface area contributed by atoms with Crippen molar-refractivity contribution in [2.75, 3.05) is 11.3 Å². The molecule has 0 spiro atoms. The minimum Gasteiger partial charge on any atom is -0.493 e. The van der Waals surface area contributed by atoms with E-state index in [1.165, 1.54) is 23.5 Å². The summed E-state index contributed by atoms with van der Waals surface area (Å²) in [5, 5.41) is 11.8. The summed E-state index contributed by atoms with van der Waals surface area (Å²) in [6.07, 6.45) is -2.28. The number of rotatable bonds is 9. The molecule has 4 rings (SSSR count). The Morgan fingerprint density at radius 2 is 1.85 bits per heavy atom. The molecule has 1 aromatic heterocycles. The molecule has 0 bridgehead atoms. The highest BCUT2D eigenvalue weighted by Gasteiger charge is 2.34. The lowest BCUT2D eigenvalue weighted by Crippen LogP contribution is -2.36. The van der Waals surface area contributed by atoms with Crippen molar-refractivity contribution >= 4 is 32.4 Å². The van der Waals surface area contributed by atoms with E-state index in [0.717, 1.165) is 41.6 Å². The Morgan fingerprint density at radius 1 is 1.13 bits per heavy atom. The molecule has 210 valence electrons. The van der Waals surface area contributed by atoms with Crippen LogP contribution in [0.5, 0.6) is 5.75 Å². The number of ether oxygens (including phenoxy) is 1. The van der Waals surface area contributed by atoms with Crippen molar-refractivity contribution in [1.29, 1.82) is 0 Å². The SMILES string of the molecule is CCOc1cc(C(F)(F)F)ccc1C(=O)N[C@@H]1CCC[C@@H]1c1ccc(S(=O)(=O)Nc2nnc(C(C)C)s2)cc1. The fourth-order valence-electron chi connectivity index (χ4n) is 4.52. The predicted octanol–water partition coefficient (Wildman–Crippen LogP) is 5.95. The molecule has 1 saturated carbocycles. The summed E-state index contributed by atoms with van der Waals surface area (Å²) < 4.78 is 72.9. The molecule has 2 atom stereocenters. The topological polar surface area (TPSA) is 110 Å². The van der Waals surface area contributed by atoms with Crippen LogP contribution in [-0.4, -0.2) is 37.2 Å². The van der Waals surface area contributed by atoms with E-state index in [4.69, 9.17) is 4.74 Å². The molecule has 39 heavy (non-hydrogen) atoms. The fourth-order valence-corrected chi connectivity index (χ4v) is 6.49. The highest BCUT2D eigenvalue weighted by molar-refractivity contribution is 7.93. The summed E-state index contributed by atoms with van der Waals surface area (Å²) in [7, 11) is -3.86. The van der Waals surface area contributed by atoms with Gasteiger partial charge in [-0.25, -0.2) is 8.42 Å². The summed E-state index contributed by atoms with van der Waals surface area (Å²) in [6.45, 7) is 5.62. The van der Waals surface area contributed by atoms with Crippen molar-refractivity contribution in [3.63, 3.8) is 0 Å². The molecule has 1 amide bonds. The van der Waals surface area contributed by atoms with Crippen LogP contribution in [0.4, 0.5) is 18.3 Å². The van der Waals surface area contributed by atoms with Gasteiger partial charge in [-0.2, -0.15) is 13.2 Å². The first kappa shape index (κ1) is 28.8. The number of carbonyl (C=O) groups is 1. The summed E-state index contributed by atoms with van der Waals surface area (Å²) in [4.78, 5) is 13.1. The number of aromatic nitrogens is 2. The predicted molar refractivity (Wildman–Crippen MR) is 142 cm³/mol. The first-order valence-electron chi connectivity index (χ1n) is 12.5. The van der Waals surface area contributed by atoms with Crippen LogP contribution in [0.25, 0.3) is 0 Å². The second-order valence-electron chi connectivity index (χ2n) is 9.53. The van der Waals surface area contributed by atoms with E-state index in [1.807, 2.05) is 13.8 Å². The molecule has 1 heterocycles. The molecule has 8 nitrogen and oxygen atoms in total. The van der Waals surface area contributed by atoms with E-state index < -0.39 is 27.7 Å². The highest BCUT2D eigenvalue weighted by Crippen LogP contribution is 2.37. The molecule has 1 aliphatic carbocycles. The van der Waals surface area contributed by atoms with Gasteiger partial charge in [-0.05, 0) is 55.7 Å². The van der Waals surface area contributed by atoms with E-state index in [9.17, 15) is 26.4 Å². The summed E-state index contributed by atoms with van der Waals surface area (Å²) in [5.41, 5.74) is -0.00946. The number of sulfonamides is 1. The summed E-state index contributed by atoms with van der Waals surface area (Å²) in [6, 6.07) is 8.99. The van der Waals surface area contributed by atoms with Gasteiger partial charge in [-0.15, -0.1) is 10.2 Å². The molecule has 0 saturated heterocycles. The first-order valence-corrected chi connectivity index (χ1v) is 14.8. The Labute approximate surface area is 229 Å². The number of nitrogens with one attached hydrogen (secondary N) is 2. The monoisotopic (exact) mass is 582 g/mol. The van der Waals surface area contributed by atoms with Gasteiger partial charge in [0, 0.05) is 17.9 Å². The number of halogens is 3. The summed E-state index contributed by atoms with van der Waals surface area (Å²) >= 11 is 1.18. The van der Waals surface area contributed by atoms with Gasteiger partial charge in [0.05, 0.1) is 22.6 Å². The number of amides is 1. The number of carbonyl (C=O) groups excluding carboxylic acids is 1. The first-order chi connectivity index (χ1) is 18.4. The molecule has 0 aliphatic heterocycles. The van der Waals surface area contributed by atoms with Gasteiger partial charge < -0.3 is 10.1 Å². The number of nitrogens with zero attached hydrogens (tertiary/aromatic N) is 2. The Balaban J connectivity index is 1.48. The Morgan fingerprint density at radius 3 is 2.46 bits per heavy atom. The van der Waals surface area contributed by atoms with Crippen molar-refractivity contribution < 1.29 is 31.1 Å². The van der Waals surface area contributed by atoms with E-state index in [1.54, 1.807) is 19.1 Å². The van der Waals surface area contributed by atoms with Crippen molar-refractivity contribution in [2.24, 2.45) is 0 Å². The largest absolute Gasteiger partial charge is 0.493 e. The third kappa shape index (κ3) is 6.70. The molecule has 2 N–H and O–H groups in total. The minimum absolute atomic E-state index is 0.0281. The Bertz CT molecular complexity index is 1420. The lowest BCUT2D eigenvalue weighted by Gasteiger charge is -2.22. The van der Waals surface area contributed by atoms with Crippen LogP contribution < -0.4 is 14.8 Å². The van der Waals surface area contributed by atoms with Gasteiger partial charge in [0.15, 0.2) is 0 Å². The Kier molecular flexibility index (Phi) is 8.50. The standard InChI is InChI=1S/C26H29F3N4O4S2/c1-4-37-22-14-17(26(27,28)29)10-13-20(22)23(34)30-21-7-5-6-19(21)16-8-11-18(12-9-16)39(35,36)33-25-32-31-24(38-25)15(2)3/h8-15,19,21H,4-7H2,1-3H3,(H,30,34)(H,32,33)/t19-,21-/m1/s1. The molecule has 2 aromatic carbocycles. The molecular formula is C26H29F3N4O4S2. The maximum atomic E-state index is 13.1. The lowest BCUT2D eigenvalue weighted by molar-refractivity contribution is -0.137. The lowest BCUT2D eigenvalue weighted by atomic mass is 9.94. The van der Waals surface area contributed by atoms with Crippen molar-refractivity contribution in [1.82, 2.24) is 15.5 Å². The zero-order valence-electron chi connectivity index (χ0n) is 21.6. The maximum Gasteiger partial charge on any atom is 0.416 e. The number of alkyl halides is 3. The average Bonchev–Trinajstić information content (AvgIpc) is 3.53. The quantitative estimate of drug-likeness (QED) is 0.323. The van der Waals surface area contributed by atoms with E-state index >= 15 is 0 Å². The van der Waals surface area contributed by atoms with Crippen LogP contribution in [-0.2, 0) is 16.2 Å². The second-order valence-corrected chi connectivity index (χ2v) is 12.2. The number of hydrogen-bond acceptors (Lipinski definition) is 7. The van der Waals surface area contributed by atoms with Gasteiger partial charge in [0.1, 0.15) is 10.8 Å². The van der Waals surface area contributed by atoms with Crippen molar-refractivity contribution in [3.05, 3.63) is 64.2 Å². The fraction of sp³-hybridized carbons (Fsp3) is 0.423. The smallest absolute Gasteiger partial charge is 0.416 e. The number of benzene rings is 2. The van der Waals surface area contributed by atoms with Crippen LogP contribution in [0.1, 0.15) is 78.4 Å². The van der Waals surface area contributed by atoms with Crippen LogP contribution in [0, 0.1) is 0 Å². The van der Waals surface area contributed by atoms with Crippen LogP contribution in [0.3, 0.4) is 0 Å². The third-order valence-electron chi connectivity index (χ3n) is 6.46. The van der Waals surface area contributed by atoms with Crippen LogP contribution >= 0.6 is 11.3 Å². The van der Waals surface area contributed by atoms with Crippen molar-refractivity contribution in [2.45, 2.75) is 69.0 Å². The van der Waals surface area contributed by atoms with E-state index in [0.29, 0.717) is 6.42 Å². The molecule has 0 unspecified atom stereocenters. The molecule has 3 aromatic rings. The number of hydrogen-bond donors (Lipinski definition) is 2. The van der Waals surface area contributed by atoms with Gasteiger partial charge in [-0.1, -0.05) is 43.7 Å². The van der Waals surface area contributed by atoms with Gasteiger partial charge in [-0.3, -0.25) is 9.52 Å². The summed E-state index contributed by atoms with van der Waals surface area (Å²) in [5.74, 6) is -0.604. The van der Waals surface area contributed by atoms with E-state index in [-0.39, 0.29) is 45.8 Å². The minimum atomic E-state index is -4.55. The van der Waals surface area contributed by atoms with Gasteiger partial charge in [0.2, 0.25) is 5.13 Å².